The van der Waals surface area contributed by atoms with Gasteiger partial charge in [-0.15, -0.1) is 0 Å². The number of carbonyl (C=O) groups excluding carboxylic acids is 1. The van der Waals surface area contributed by atoms with Gasteiger partial charge in [0.05, 0.1) is 5.56 Å². The van der Waals surface area contributed by atoms with Crippen molar-refractivity contribution >= 4 is 34.3 Å². The Morgan fingerprint density at radius 1 is 1.17 bits per heavy atom. The lowest BCUT2D eigenvalue weighted by atomic mass is 10.1. The maximum Gasteiger partial charge on any atom is 0.254 e. The lowest BCUT2D eigenvalue weighted by Gasteiger charge is -2.35. The molecule has 0 aliphatic carbocycles. The van der Waals surface area contributed by atoms with E-state index in [-0.39, 0.29) is 5.91 Å². The lowest BCUT2D eigenvalue weighted by Crippen LogP contribution is -2.49. The molecule has 1 fully saturated rings. The third-order valence-electron chi connectivity index (χ3n) is 3.85. The highest BCUT2D eigenvalue weighted by molar-refractivity contribution is 14.1. The van der Waals surface area contributed by atoms with Crippen molar-refractivity contribution in [1.82, 2.24) is 9.88 Å². The summed E-state index contributed by atoms with van der Waals surface area (Å²) in [6, 6.07) is 13.3. The van der Waals surface area contributed by atoms with Crippen LogP contribution < -0.4 is 4.90 Å². The van der Waals surface area contributed by atoms with E-state index in [4.69, 9.17) is 0 Å². The van der Waals surface area contributed by atoms with Gasteiger partial charge in [-0.05, 0) is 52.9 Å². The molecule has 6 heteroatoms. The molecule has 0 unspecified atom stereocenters. The normalized spacial score (nSPS) is 14.4. The summed E-state index contributed by atoms with van der Waals surface area (Å²) in [5.41, 5.74) is 1.30. The van der Waals surface area contributed by atoms with E-state index in [0.29, 0.717) is 37.6 Å². The minimum Gasteiger partial charge on any atom is -0.352 e. The van der Waals surface area contributed by atoms with E-state index < -0.39 is 0 Å². The summed E-state index contributed by atoms with van der Waals surface area (Å²) in [5.74, 6) is 0.765. The van der Waals surface area contributed by atoms with Crippen molar-refractivity contribution in [1.29, 1.82) is 5.26 Å². The Bertz CT molecular complexity index is 763. The molecule has 2 heterocycles. The van der Waals surface area contributed by atoms with Crippen LogP contribution in [0.3, 0.4) is 0 Å². The topological polar surface area (TPSA) is 60.2 Å². The second kappa shape index (κ2) is 6.96. The Morgan fingerprint density at radius 2 is 1.96 bits per heavy atom. The zero-order chi connectivity index (χ0) is 16.2. The Labute approximate surface area is 148 Å². The quantitative estimate of drug-likeness (QED) is 0.704. The highest BCUT2D eigenvalue weighted by Gasteiger charge is 2.24. The molecule has 0 atom stereocenters. The number of pyridine rings is 1. The van der Waals surface area contributed by atoms with Crippen LogP contribution in [0, 0.1) is 14.9 Å². The molecular weight excluding hydrogens is 403 g/mol. The summed E-state index contributed by atoms with van der Waals surface area (Å²) < 4.78 is 1.05. The van der Waals surface area contributed by atoms with Crippen LogP contribution >= 0.6 is 22.6 Å². The summed E-state index contributed by atoms with van der Waals surface area (Å²) >= 11 is 2.21. The molecule has 0 N–H and O–H groups in total. The molecule has 0 saturated carbocycles. The van der Waals surface area contributed by atoms with Gasteiger partial charge in [-0.1, -0.05) is 6.07 Å². The van der Waals surface area contributed by atoms with E-state index in [1.807, 2.05) is 29.2 Å². The molecule has 1 aliphatic rings. The summed E-state index contributed by atoms with van der Waals surface area (Å²) in [6.07, 6.45) is 1.69. The van der Waals surface area contributed by atoms with Gasteiger partial charge < -0.3 is 9.80 Å². The van der Waals surface area contributed by atoms with Crippen molar-refractivity contribution in [3.8, 4) is 6.07 Å². The monoisotopic (exact) mass is 418 g/mol. The number of hydrogen-bond acceptors (Lipinski definition) is 4. The fourth-order valence-corrected chi connectivity index (χ4v) is 3.20. The minimum atomic E-state index is 0.0599. The summed E-state index contributed by atoms with van der Waals surface area (Å²) in [6.45, 7) is 2.63. The van der Waals surface area contributed by atoms with Gasteiger partial charge in [-0.3, -0.25) is 4.79 Å². The van der Waals surface area contributed by atoms with E-state index >= 15 is 0 Å². The number of nitriles is 1. The number of nitrogens with zero attached hydrogens (tertiary/aromatic N) is 4. The van der Waals surface area contributed by atoms with Crippen molar-refractivity contribution in [2.45, 2.75) is 0 Å². The Balaban J connectivity index is 1.69. The number of aromatic nitrogens is 1. The molecule has 0 bridgehead atoms. The Morgan fingerprint density at radius 3 is 2.65 bits per heavy atom. The number of anilines is 1. The standard InChI is InChI=1S/C17H15IN4O/c18-15-5-1-3-13(11-15)17(23)22-9-7-21(8-10-22)16-14(12-19)4-2-6-20-16/h1-6,11H,7-10H2. The number of piperazine rings is 1. The zero-order valence-electron chi connectivity index (χ0n) is 12.4. The molecule has 1 aromatic carbocycles. The van der Waals surface area contributed by atoms with Crippen molar-refractivity contribution < 1.29 is 4.79 Å². The van der Waals surface area contributed by atoms with Gasteiger partial charge in [0.15, 0.2) is 0 Å². The molecule has 1 aliphatic heterocycles. The van der Waals surface area contributed by atoms with Gasteiger partial charge in [-0.2, -0.15) is 5.26 Å². The third-order valence-corrected chi connectivity index (χ3v) is 4.52. The molecule has 5 nitrogen and oxygen atoms in total. The van der Waals surface area contributed by atoms with Crippen LogP contribution in [0.25, 0.3) is 0 Å². The first-order valence-electron chi connectivity index (χ1n) is 7.34. The summed E-state index contributed by atoms with van der Waals surface area (Å²) in [7, 11) is 0. The molecule has 1 amide bonds. The zero-order valence-corrected chi connectivity index (χ0v) is 14.6. The average Bonchev–Trinajstić information content (AvgIpc) is 2.61. The largest absolute Gasteiger partial charge is 0.352 e. The molecule has 2 aromatic rings. The first kappa shape index (κ1) is 15.7. The van der Waals surface area contributed by atoms with Crippen molar-refractivity contribution in [3.63, 3.8) is 0 Å². The Kier molecular flexibility index (Phi) is 4.76. The van der Waals surface area contributed by atoms with Crippen LogP contribution in [0.15, 0.2) is 42.6 Å². The van der Waals surface area contributed by atoms with Gasteiger partial charge >= 0.3 is 0 Å². The minimum absolute atomic E-state index is 0.0599. The molecule has 116 valence electrons. The highest BCUT2D eigenvalue weighted by Crippen LogP contribution is 2.19. The van der Waals surface area contributed by atoms with Gasteiger partial charge in [-0.25, -0.2) is 4.98 Å². The number of halogens is 1. The molecule has 1 saturated heterocycles. The number of carbonyl (C=O) groups is 1. The van der Waals surface area contributed by atoms with E-state index in [2.05, 4.69) is 38.5 Å². The second-order valence-corrected chi connectivity index (χ2v) is 6.52. The van der Waals surface area contributed by atoms with E-state index in [0.717, 1.165) is 9.13 Å². The summed E-state index contributed by atoms with van der Waals surface area (Å²) in [4.78, 5) is 20.8. The average molecular weight is 418 g/mol. The third kappa shape index (κ3) is 3.45. The van der Waals surface area contributed by atoms with E-state index in [1.54, 1.807) is 18.3 Å². The van der Waals surface area contributed by atoms with Crippen LogP contribution in [0.2, 0.25) is 0 Å². The molecule has 0 spiro atoms. The van der Waals surface area contributed by atoms with Crippen molar-refractivity contribution in [2.24, 2.45) is 0 Å². The SMILES string of the molecule is N#Cc1cccnc1N1CCN(C(=O)c2cccc(I)c2)CC1. The molecule has 0 radical (unpaired) electrons. The number of hydrogen-bond donors (Lipinski definition) is 0. The van der Waals surface area contributed by atoms with E-state index in [1.165, 1.54) is 0 Å². The smallest absolute Gasteiger partial charge is 0.254 e. The fraction of sp³-hybridized carbons (Fsp3) is 0.235. The van der Waals surface area contributed by atoms with Crippen LogP contribution in [0.5, 0.6) is 0 Å². The molecule has 3 rings (SSSR count). The second-order valence-electron chi connectivity index (χ2n) is 5.28. The van der Waals surface area contributed by atoms with Gasteiger partial charge in [0.1, 0.15) is 11.9 Å². The molecular formula is C17H15IN4O. The maximum absolute atomic E-state index is 12.6. The number of benzene rings is 1. The Hall–Kier alpha value is -2.14. The predicted octanol–water partition coefficient (Wildman–Crippen LogP) is 2.52. The lowest BCUT2D eigenvalue weighted by molar-refractivity contribution is 0.0746. The first-order valence-corrected chi connectivity index (χ1v) is 8.42. The van der Waals surface area contributed by atoms with Crippen LogP contribution in [-0.2, 0) is 0 Å². The number of rotatable bonds is 2. The van der Waals surface area contributed by atoms with Crippen molar-refractivity contribution in [2.75, 3.05) is 31.1 Å². The van der Waals surface area contributed by atoms with Crippen LogP contribution in [0.4, 0.5) is 5.82 Å². The van der Waals surface area contributed by atoms with Gasteiger partial charge in [0.2, 0.25) is 0 Å². The van der Waals surface area contributed by atoms with Crippen molar-refractivity contribution in [3.05, 3.63) is 57.3 Å². The van der Waals surface area contributed by atoms with Crippen LogP contribution in [0.1, 0.15) is 15.9 Å². The first-order chi connectivity index (χ1) is 11.2. The van der Waals surface area contributed by atoms with E-state index in [9.17, 15) is 10.1 Å². The van der Waals surface area contributed by atoms with Crippen LogP contribution in [-0.4, -0.2) is 42.0 Å². The van der Waals surface area contributed by atoms with Gasteiger partial charge in [0.25, 0.3) is 5.91 Å². The highest BCUT2D eigenvalue weighted by atomic mass is 127. The summed E-state index contributed by atoms with van der Waals surface area (Å²) in [5, 5.41) is 9.18. The maximum atomic E-state index is 12.6. The molecule has 1 aromatic heterocycles. The number of amides is 1. The predicted molar refractivity (Wildman–Crippen MR) is 96.2 cm³/mol. The fourth-order valence-electron chi connectivity index (χ4n) is 2.66. The molecule has 23 heavy (non-hydrogen) atoms. The van der Waals surface area contributed by atoms with Gasteiger partial charge in [0, 0.05) is 41.5 Å².